The molecule has 13 heavy (non-hydrogen) atoms. The van der Waals surface area contributed by atoms with Gasteiger partial charge in [0.1, 0.15) is 5.82 Å². The number of nitrogens with one attached hydrogen (secondary N) is 1. The Kier molecular flexibility index (Phi) is 3.02. The van der Waals surface area contributed by atoms with Gasteiger partial charge in [-0.1, -0.05) is 0 Å². The van der Waals surface area contributed by atoms with Crippen LogP contribution in [0, 0.1) is 10.5 Å². The first kappa shape index (κ1) is 10.2. The van der Waals surface area contributed by atoms with E-state index >= 15 is 0 Å². The Bertz CT molecular complexity index is 399. The zero-order valence-electron chi connectivity index (χ0n) is 6.93. The molecule has 1 heterocycles. The van der Waals surface area contributed by atoms with Crippen molar-refractivity contribution in [3.63, 3.8) is 0 Å². The summed E-state index contributed by atoms with van der Waals surface area (Å²) in [5, 5.41) is 0. The second-order valence-electron chi connectivity index (χ2n) is 2.56. The lowest BCUT2D eigenvalue weighted by Crippen LogP contribution is -2.21. The molecule has 0 radical (unpaired) electrons. The third kappa shape index (κ3) is 2.51. The first-order chi connectivity index (χ1) is 6.00. The van der Waals surface area contributed by atoms with Gasteiger partial charge in [0.2, 0.25) is 5.91 Å². The molecule has 0 bridgehead atoms. The van der Waals surface area contributed by atoms with Crippen molar-refractivity contribution in [3.05, 3.63) is 25.4 Å². The van der Waals surface area contributed by atoms with Crippen molar-refractivity contribution >= 4 is 28.5 Å². The maximum atomic E-state index is 11.2. The minimum Gasteiger partial charge on any atom is -0.369 e. The molecular weight excluding hydrogens is 285 g/mol. The van der Waals surface area contributed by atoms with Gasteiger partial charge in [-0.15, -0.1) is 0 Å². The average molecular weight is 293 g/mol. The predicted octanol–water partition coefficient (Wildman–Crippen LogP) is -0.289. The van der Waals surface area contributed by atoms with Crippen molar-refractivity contribution in [1.29, 1.82) is 0 Å². The van der Waals surface area contributed by atoms with E-state index in [0.717, 1.165) is 0 Å². The molecule has 0 aliphatic carbocycles. The Morgan fingerprint density at radius 1 is 1.69 bits per heavy atom. The first-order valence-corrected chi connectivity index (χ1v) is 4.62. The predicted molar refractivity (Wildman–Crippen MR) is 55.2 cm³/mol. The summed E-state index contributed by atoms with van der Waals surface area (Å²) >= 11 is 1.90. The Balaban J connectivity index is 3.13. The summed E-state index contributed by atoms with van der Waals surface area (Å²) in [6.45, 7) is 1.71. The van der Waals surface area contributed by atoms with Crippen molar-refractivity contribution in [2.75, 3.05) is 0 Å². The molecule has 3 N–H and O–H groups in total. The smallest absolute Gasteiger partial charge is 0.264 e. The maximum Gasteiger partial charge on any atom is 0.264 e. The number of aromatic amines is 1. The van der Waals surface area contributed by atoms with Crippen LogP contribution in [-0.2, 0) is 11.2 Å². The number of carbonyl (C=O) groups is 1. The van der Waals surface area contributed by atoms with Crippen LogP contribution in [0.2, 0.25) is 0 Å². The quantitative estimate of drug-likeness (QED) is 0.734. The fraction of sp³-hybridized carbons (Fsp3) is 0.286. The Labute approximate surface area is 87.9 Å². The van der Waals surface area contributed by atoms with Crippen LogP contribution in [0.15, 0.2) is 4.79 Å². The van der Waals surface area contributed by atoms with Gasteiger partial charge in [0.25, 0.3) is 5.56 Å². The lowest BCUT2D eigenvalue weighted by atomic mass is 10.3. The fourth-order valence-electron chi connectivity index (χ4n) is 0.878. The number of primary amides is 1. The highest BCUT2D eigenvalue weighted by Crippen LogP contribution is 2.02. The molecule has 1 rings (SSSR count). The summed E-state index contributed by atoms with van der Waals surface area (Å²) in [5.74, 6) is -0.195. The van der Waals surface area contributed by atoms with E-state index in [4.69, 9.17) is 5.73 Å². The molecule has 0 aliphatic rings. The Hall–Kier alpha value is -0.920. The third-order valence-electron chi connectivity index (χ3n) is 1.42. The van der Waals surface area contributed by atoms with E-state index in [2.05, 4.69) is 9.97 Å². The van der Waals surface area contributed by atoms with Gasteiger partial charge < -0.3 is 10.7 Å². The number of hydrogen-bond donors (Lipinski definition) is 2. The van der Waals surface area contributed by atoms with Crippen LogP contribution in [0.25, 0.3) is 0 Å². The molecule has 1 aromatic heterocycles. The number of nitrogens with zero attached hydrogens (tertiary/aromatic N) is 1. The number of rotatable bonds is 2. The highest BCUT2D eigenvalue weighted by molar-refractivity contribution is 14.1. The number of carbonyl (C=O) groups excluding carboxylic acids is 1. The number of aromatic nitrogens is 2. The molecule has 5 nitrogen and oxygen atoms in total. The highest BCUT2D eigenvalue weighted by Gasteiger charge is 2.06. The van der Waals surface area contributed by atoms with Gasteiger partial charge in [0.15, 0.2) is 0 Å². The van der Waals surface area contributed by atoms with Gasteiger partial charge in [-0.2, -0.15) is 0 Å². The molecule has 0 saturated carbocycles. The lowest BCUT2D eigenvalue weighted by Gasteiger charge is -2.00. The van der Waals surface area contributed by atoms with E-state index in [0.29, 0.717) is 15.1 Å². The van der Waals surface area contributed by atoms with E-state index in [1.54, 1.807) is 6.92 Å². The van der Waals surface area contributed by atoms with Gasteiger partial charge in [-0.05, 0) is 29.5 Å². The van der Waals surface area contributed by atoms with E-state index in [1.165, 1.54) is 0 Å². The Morgan fingerprint density at radius 3 is 2.77 bits per heavy atom. The molecule has 1 amide bonds. The SMILES string of the molecule is Cc1nc(CC(N)=O)[nH]c(=O)c1I. The number of halogens is 1. The molecule has 1 aromatic rings. The van der Waals surface area contributed by atoms with Gasteiger partial charge in [-0.25, -0.2) is 4.98 Å². The minimum atomic E-state index is -0.510. The standard InChI is InChI=1S/C7H8IN3O2/c1-3-6(8)7(13)11-5(10-3)2-4(9)12/h2H2,1H3,(H2,9,12)(H,10,11,13). The van der Waals surface area contributed by atoms with Crippen LogP contribution in [-0.4, -0.2) is 15.9 Å². The topological polar surface area (TPSA) is 88.8 Å². The monoisotopic (exact) mass is 293 g/mol. The van der Waals surface area contributed by atoms with Crippen LogP contribution >= 0.6 is 22.6 Å². The van der Waals surface area contributed by atoms with Gasteiger partial charge in [0, 0.05) is 0 Å². The molecule has 70 valence electrons. The molecule has 0 fully saturated rings. The number of aryl methyl sites for hydroxylation is 1. The largest absolute Gasteiger partial charge is 0.369 e. The van der Waals surface area contributed by atoms with Crippen LogP contribution in [0.1, 0.15) is 11.5 Å². The molecule has 0 saturated heterocycles. The summed E-state index contributed by atoms with van der Waals surface area (Å²) in [6, 6.07) is 0. The fourth-order valence-corrected chi connectivity index (χ4v) is 1.13. The zero-order chi connectivity index (χ0) is 10.0. The number of H-pyrrole nitrogens is 1. The van der Waals surface area contributed by atoms with E-state index in [1.807, 2.05) is 22.6 Å². The third-order valence-corrected chi connectivity index (χ3v) is 2.69. The van der Waals surface area contributed by atoms with E-state index in [-0.39, 0.29) is 12.0 Å². The van der Waals surface area contributed by atoms with Gasteiger partial charge >= 0.3 is 0 Å². The molecule has 0 spiro atoms. The number of hydrogen-bond acceptors (Lipinski definition) is 3. The number of nitrogens with two attached hydrogens (primary N) is 1. The maximum absolute atomic E-state index is 11.2. The van der Waals surface area contributed by atoms with Crippen molar-refractivity contribution in [2.45, 2.75) is 13.3 Å². The average Bonchev–Trinajstić information content (AvgIpc) is 1.98. The molecule has 0 aromatic carbocycles. The summed E-state index contributed by atoms with van der Waals surface area (Å²) in [7, 11) is 0. The van der Waals surface area contributed by atoms with Crippen LogP contribution in [0.4, 0.5) is 0 Å². The van der Waals surface area contributed by atoms with E-state index in [9.17, 15) is 9.59 Å². The molecule has 0 aliphatic heterocycles. The molecular formula is C7H8IN3O2. The summed E-state index contributed by atoms with van der Waals surface area (Å²) in [4.78, 5) is 28.2. The van der Waals surface area contributed by atoms with Gasteiger partial charge in [0.05, 0.1) is 15.7 Å². The van der Waals surface area contributed by atoms with Crippen LogP contribution in [0.5, 0.6) is 0 Å². The summed E-state index contributed by atoms with van der Waals surface area (Å²) < 4.78 is 0.533. The zero-order valence-corrected chi connectivity index (χ0v) is 9.08. The number of amides is 1. The normalized spacial score (nSPS) is 10.0. The highest BCUT2D eigenvalue weighted by atomic mass is 127. The lowest BCUT2D eigenvalue weighted by molar-refractivity contribution is -0.117. The second-order valence-corrected chi connectivity index (χ2v) is 3.63. The molecule has 6 heteroatoms. The Morgan fingerprint density at radius 2 is 2.31 bits per heavy atom. The molecule has 0 unspecified atom stereocenters. The van der Waals surface area contributed by atoms with Crippen LogP contribution < -0.4 is 11.3 Å². The van der Waals surface area contributed by atoms with Crippen molar-refractivity contribution < 1.29 is 4.79 Å². The van der Waals surface area contributed by atoms with Crippen molar-refractivity contribution in [2.24, 2.45) is 5.73 Å². The minimum absolute atomic E-state index is 0.0347. The van der Waals surface area contributed by atoms with Crippen LogP contribution in [0.3, 0.4) is 0 Å². The van der Waals surface area contributed by atoms with Crippen molar-refractivity contribution in [1.82, 2.24) is 9.97 Å². The molecule has 0 atom stereocenters. The first-order valence-electron chi connectivity index (χ1n) is 3.54. The summed E-state index contributed by atoms with van der Waals surface area (Å²) in [5.41, 5.74) is 5.34. The van der Waals surface area contributed by atoms with Gasteiger partial charge in [-0.3, -0.25) is 9.59 Å². The van der Waals surface area contributed by atoms with Crippen molar-refractivity contribution in [3.8, 4) is 0 Å². The summed E-state index contributed by atoms with van der Waals surface area (Å²) in [6.07, 6.45) is -0.0347. The second kappa shape index (κ2) is 3.86. The van der Waals surface area contributed by atoms with E-state index < -0.39 is 5.91 Å².